The predicted octanol–water partition coefficient (Wildman–Crippen LogP) is 3.92. The van der Waals surface area contributed by atoms with Crippen LogP contribution in [0.3, 0.4) is 0 Å². The molecule has 1 amide bonds. The van der Waals surface area contributed by atoms with E-state index in [2.05, 4.69) is 5.32 Å². The standard InChI is InChI=1S/C20H26N2O2.ClH/c1-4-12-20(2,21)19(23)22-14-15-8-10-16(11-9-15)17-6-5-7-18(13-17)24-3;/h5-11,13H,4,12,14,21H2,1-3H3,(H,22,23);1H. The van der Waals surface area contributed by atoms with Crippen molar-refractivity contribution < 1.29 is 9.53 Å². The highest BCUT2D eigenvalue weighted by Gasteiger charge is 2.26. The highest BCUT2D eigenvalue weighted by atomic mass is 35.5. The monoisotopic (exact) mass is 362 g/mol. The first-order valence-corrected chi connectivity index (χ1v) is 8.27. The smallest absolute Gasteiger partial charge is 0.240 e. The first kappa shape index (κ1) is 21.0. The van der Waals surface area contributed by atoms with E-state index >= 15 is 0 Å². The molecule has 1 unspecified atom stereocenters. The Hall–Kier alpha value is -2.04. The Morgan fingerprint density at radius 1 is 1.16 bits per heavy atom. The van der Waals surface area contributed by atoms with Crippen molar-refractivity contribution in [1.29, 1.82) is 0 Å². The third-order valence-electron chi connectivity index (χ3n) is 4.10. The Bertz CT molecular complexity index is 684. The van der Waals surface area contributed by atoms with Gasteiger partial charge in [0.25, 0.3) is 0 Å². The van der Waals surface area contributed by atoms with E-state index in [1.165, 1.54) is 0 Å². The highest BCUT2D eigenvalue weighted by molar-refractivity contribution is 5.85. The van der Waals surface area contributed by atoms with Crippen LogP contribution in [-0.4, -0.2) is 18.6 Å². The summed E-state index contributed by atoms with van der Waals surface area (Å²) in [6.07, 6.45) is 1.56. The first-order chi connectivity index (χ1) is 11.5. The number of nitrogens with two attached hydrogens (primary N) is 1. The van der Waals surface area contributed by atoms with Crippen molar-refractivity contribution in [1.82, 2.24) is 5.32 Å². The average Bonchev–Trinajstić information content (AvgIpc) is 2.60. The van der Waals surface area contributed by atoms with E-state index in [1.807, 2.05) is 55.5 Å². The van der Waals surface area contributed by atoms with Gasteiger partial charge in [0.1, 0.15) is 5.75 Å². The van der Waals surface area contributed by atoms with E-state index in [4.69, 9.17) is 10.5 Å². The molecule has 0 saturated carbocycles. The summed E-state index contributed by atoms with van der Waals surface area (Å²) in [5, 5.41) is 2.92. The van der Waals surface area contributed by atoms with Crippen LogP contribution in [0.15, 0.2) is 48.5 Å². The van der Waals surface area contributed by atoms with Crippen LogP contribution in [0.4, 0.5) is 0 Å². The molecule has 0 aromatic heterocycles. The number of halogens is 1. The largest absolute Gasteiger partial charge is 0.497 e. The van der Waals surface area contributed by atoms with Gasteiger partial charge >= 0.3 is 0 Å². The molecule has 2 aromatic carbocycles. The van der Waals surface area contributed by atoms with Crippen molar-refractivity contribution in [3.63, 3.8) is 0 Å². The van der Waals surface area contributed by atoms with E-state index in [1.54, 1.807) is 14.0 Å². The van der Waals surface area contributed by atoms with Gasteiger partial charge in [0.2, 0.25) is 5.91 Å². The number of hydrogen-bond acceptors (Lipinski definition) is 3. The zero-order valence-corrected chi connectivity index (χ0v) is 15.9. The zero-order valence-electron chi connectivity index (χ0n) is 15.0. The van der Waals surface area contributed by atoms with Gasteiger partial charge in [-0.15, -0.1) is 12.4 Å². The van der Waals surface area contributed by atoms with Crippen molar-refractivity contribution in [3.8, 4) is 16.9 Å². The molecule has 0 aliphatic heterocycles. The Morgan fingerprint density at radius 2 is 1.84 bits per heavy atom. The van der Waals surface area contributed by atoms with Crippen LogP contribution >= 0.6 is 12.4 Å². The van der Waals surface area contributed by atoms with Crippen LogP contribution in [0.1, 0.15) is 32.3 Å². The first-order valence-electron chi connectivity index (χ1n) is 8.27. The molecule has 5 heteroatoms. The van der Waals surface area contributed by atoms with Crippen LogP contribution < -0.4 is 15.8 Å². The maximum Gasteiger partial charge on any atom is 0.240 e. The van der Waals surface area contributed by atoms with Gasteiger partial charge in [-0.2, -0.15) is 0 Å². The van der Waals surface area contributed by atoms with E-state index in [0.29, 0.717) is 13.0 Å². The lowest BCUT2D eigenvalue weighted by molar-refractivity contribution is -0.126. The minimum atomic E-state index is -0.810. The van der Waals surface area contributed by atoms with Gasteiger partial charge in [0, 0.05) is 6.54 Å². The lowest BCUT2D eigenvalue weighted by Crippen LogP contribution is -2.51. The summed E-state index contributed by atoms with van der Waals surface area (Å²) in [6, 6.07) is 16.1. The maximum absolute atomic E-state index is 12.1. The summed E-state index contributed by atoms with van der Waals surface area (Å²) in [4.78, 5) is 12.1. The second-order valence-corrected chi connectivity index (χ2v) is 6.28. The molecule has 0 aliphatic rings. The maximum atomic E-state index is 12.1. The summed E-state index contributed by atoms with van der Waals surface area (Å²) in [5.74, 6) is 0.725. The van der Waals surface area contributed by atoms with Crippen molar-refractivity contribution in [2.45, 2.75) is 38.8 Å². The number of ether oxygens (including phenoxy) is 1. The normalized spacial score (nSPS) is 12.6. The SMILES string of the molecule is CCCC(C)(N)C(=O)NCc1ccc(-c2cccc(OC)c2)cc1.Cl. The van der Waals surface area contributed by atoms with E-state index < -0.39 is 5.54 Å². The average molecular weight is 363 g/mol. The zero-order chi connectivity index (χ0) is 17.6. The van der Waals surface area contributed by atoms with Crippen molar-refractivity contribution in [2.24, 2.45) is 5.73 Å². The molecule has 0 heterocycles. The third-order valence-corrected chi connectivity index (χ3v) is 4.10. The fourth-order valence-electron chi connectivity index (χ4n) is 2.63. The minimum absolute atomic E-state index is 0. The lowest BCUT2D eigenvalue weighted by atomic mass is 9.96. The molecule has 0 bridgehead atoms. The molecule has 4 nitrogen and oxygen atoms in total. The molecule has 0 radical (unpaired) electrons. The fourth-order valence-corrected chi connectivity index (χ4v) is 2.63. The van der Waals surface area contributed by atoms with Gasteiger partial charge in [0.15, 0.2) is 0 Å². The molecular formula is C20H27ClN2O2. The topological polar surface area (TPSA) is 64.4 Å². The van der Waals surface area contributed by atoms with Crippen molar-refractivity contribution in [2.75, 3.05) is 7.11 Å². The second-order valence-electron chi connectivity index (χ2n) is 6.28. The van der Waals surface area contributed by atoms with Crippen molar-refractivity contribution in [3.05, 3.63) is 54.1 Å². The Labute approximate surface area is 156 Å². The molecule has 2 aromatic rings. The van der Waals surface area contributed by atoms with Gasteiger partial charge in [0.05, 0.1) is 12.6 Å². The molecule has 0 saturated heterocycles. The van der Waals surface area contributed by atoms with Crippen LogP contribution in [0.25, 0.3) is 11.1 Å². The number of rotatable bonds is 7. The fraction of sp³-hybridized carbons (Fsp3) is 0.350. The number of nitrogens with one attached hydrogen (secondary N) is 1. The Kier molecular flexibility index (Phi) is 7.94. The summed E-state index contributed by atoms with van der Waals surface area (Å²) in [7, 11) is 1.66. The van der Waals surface area contributed by atoms with Crippen molar-refractivity contribution >= 4 is 18.3 Å². The second kappa shape index (κ2) is 9.44. The minimum Gasteiger partial charge on any atom is -0.497 e. The number of benzene rings is 2. The number of methoxy groups -OCH3 is 1. The molecule has 2 rings (SSSR count). The van der Waals surface area contributed by atoms with E-state index in [-0.39, 0.29) is 18.3 Å². The molecule has 0 fully saturated rings. The molecule has 136 valence electrons. The molecule has 25 heavy (non-hydrogen) atoms. The van der Waals surface area contributed by atoms with Gasteiger partial charge in [-0.3, -0.25) is 4.79 Å². The highest BCUT2D eigenvalue weighted by Crippen LogP contribution is 2.24. The van der Waals surface area contributed by atoms with Gasteiger partial charge < -0.3 is 15.8 Å². The molecule has 0 spiro atoms. The van der Waals surface area contributed by atoms with Gasteiger partial charge in [-0.05, 0) is 42.2 Å². The summed E-state index contributed by atoms with van der Waals surface area (Å²) >= 11 is 0. The Balaban J connectivity index is 0.00000312. The van der Waals surface area contributed by atoms with Crippen LogP contribution in [0.5, 0.6) is 5.75 Å². The van der Waals surface area contributed by atoms with Crippen LogP contribution in [-0.2, 0) is 11.3 Å². The Morgan fingerprint density at radius 3 is 2.44 bits per heavy atom. The van der Waals surface area contributed by atoms with Gasteiger partial charge in [-0.1, -0.05) is 49.7 Å². The van der Waals surface area contributed by atoms with Crippen LogP contribution in [0, 0.1) is 0 Å². The predicted molar refractivity (Wildman–Crippen MR) is 105 cm³/mol. The summed E-state index contributed by atoms with van der Waals surface area (Å²) in [6.45, 7) is 4.28. The number of carbonyl (C=O) groups excluding carboxylic acids is 1. The number of amides is 1. The quantitative estimate of drug-likeness (QED) is 0.784. The number of carbonyl (C=O) groups is 1. The lowest BCUT2D eigenvalue weighted by Gasteiger charge is -2.22. The molecule has 0 aliphatic carbocycles. The van der Waals surface area contributed by atoms with E-state index in [0.717, 1.165) is 28.9 Å². The molecule has 3 N–H and O–H groups in total. The third kappa shape index (κ3) is 5.76. The molecular weight excluding hydrogens is 336 g/mol. The van der Waals surface area contributed by atoms with Crippen LogP contribution in [0.2, 0.25) is 0 Å². The summed E-state index contributed by atoms with van der Waals surface area (Å²) < 4.78 is 5.26. The number of hydrogen-bond donors (Lipinski definition) is 2. The molecule has 1 atom stereocenters. The summed E-state index contributed by atoms with van der Waals surface area (Å²) in [5.41, 5.74) is 8.48. The van der Waals surface area contributed by atoms with E-state index in [9.17, 15) is 4.79 Å². The van der Waals surface area contributed by atoms with Gasteiger partial charge in [-0.25, -0.2) is 0 Å².